The number of ether oxygens (including phenoxy) is 1. The minimum absolute atomic E-state index is 0.0489. The molecule has 0 bridgehead atoms. The molecular weight excluding hydrogens is 200 g/mol. The van der Waals surface area contributed by atoms with Crippen LogP contribution in [0.1, 0.15) is 73.6 Å². The van der Waals surface area contributed by atoms with E-state index in [9.17, 15) is 4.79 Å². The number of rotatable bonds is 7. The molecule has 0 unspecified atom stereocenters. The average Bonchev–Trinajstić information content (AvgIpc) is 2.28. The lowest BCUT2D eigenvalue weighted by Gasteiger charge is -2.35. The van der Waals surface area contributed by atoms with Crippen molar-refractivity contribution in [3.8, 4) is 0 Å². The summed E-state index contributed by atoms with van der Waals surface area (Å²) >= 11 is 0. The van der Waals surface area contributed by atoms with Crippen LogP contribution in [-0.2, 0) is 9.53 Å². The van der Waals surface area contributed by atoms with Gasteiger partial charge in [0.1, 0.15) is 5.60 Å². The molecule has 96 valence electrons. The van der Waals surface area contributed by atoms with E-state index in [0.29, 0.717) is 0 Å². The molecular formula is C14H28O2. The topological polar surface area (TPSA) is 26.3 Å². The van der Waals surface area contributed by atoms with E-state index in [1.165, 1.54) is 0 Å². The highest BCUT2D eigenvalue weighted by Gasteiger charge is 2.35. The first kappa shape index (κ1) is 15.5. The molecule has 0 amide bonds. The third kappa shape index (κ3) is 3.80. The standard InChI is InChI=1S/C14H28O2/c1-7-11-14(9-3,10-4)16-12(15)13(5,6)8-2/h7-11H2,1-6H3. The second-order valence-electron chi connectivity index (χ2n) is 5.27. The van der Waals surface area contributed by atoms with Crippen molar-refractivity contribution in [1.29, 1.82) is 0 Å². The van der Waals surface area contributed by atoms with Gasteiger partial charge in [-0.25, -0.2) is 0 Å². The van der Waals surface area contributed by atoms with Crippen LogP contribution in [0, 0.1) is 5.41 Å². The van der Waals surface area contributed by atoms with Crippen molar-refractivity contribution in [2.75, 3.05) is 0 Å². The minimum atomic E-state index is -0.358. The van der Waals surface area contributed by atoms with Gasteiger partial charge in [-0.2, -0.15) is 0 Å². The van der Waals surface area contributed by atoms with Gasteiger partial charge in [0.2, 0.25) is 0 Å². The Morgan fingerprint density at radius 1 is 1.00 bits per heavy atom. The van der Waals surface area contributed by atoms with Crippen LogP contribution in [0.25, 0.3) is 0 Å². The molecule has 0 aromatic rings. The maximum Gasteiger partial charge on any atom is 0.312 e. The normalized spacial score (nSPS) is 12.6. The lowest BCUT2D eigenvalue weighted by atomic mass is 9.88. The summed E-state index contributed by atoms with van der Waals surface area (Å²) in [5, 5.41) is 0. The Morgan fingerprint density at radius 2 is 1.50 bits per heavy atom. The highest BCUT2D eigenvalue weighted by atomic mass is 16.6. The number of hydrogen-bond acceptors (Lipinski definition) is 2. The lowest BCUT2D eigenvalue weighted by Crippen LogP contribution is -2.39. The number of carbonyl (C=O) groups is 1. The highest BCUT2D eigenvalue weighted by molar-refractivity contribution is 5.76. The van der Waals surface area contributed by atoms with E-state index in [-0.39, 0.29) is 17.0 Å². The van der Waals surface area contributed by atoms with Gasteiger partial charge in [0.25, 0.3) is 0 Å². The predicted octanol–water partition coefficient (Wildman–Crippen LogP) is 4.32. The van der Waals surface area contributed by atoms with Crippen molar-refractivity contribution >= 4 is 5.97 Å². The van der Waals surface area contributed by atoms with Gasteiger partial charge in [-0.1, -0.05) is 34.1 Å². The molecule has 0 saturated heterocycles. The quantitative estimate of drug-likeness (QED) is 0.606. The van der Waals surface area contributed by atoms with Gasteiger partial charge in [-0.05, 0) is 39.5 Å². The largest absolute Gasteiger partial charge is 0.459 e. The molecule has 2 nitrogen and oxygen atoms in total. The van der Waals surface area contributed by atoms with Crippen molar-refractivity contribution < 1.29 is 9.53 Å². The SMILES string of the molecule is CCCC(CC)(CC)OC(=O)C(C)(C)CC. The van der Waals surface area contributed by atoms with Crippen LogP contribution in [0.5, 0.6) is 0 Å². The van der Waals surface area contributed by atoms with Crippen LogP contribution in [0.15, 0.2) is 0 Å². The Bertz CT molecular complexity index is 215. The zero-order valence-corrected chi connectivity index (χ0v) is 11.9. The van der Waals surface area contributed by atoms with Crippen LogP contribution in [0.4, 0.5) is 0 Å². The monoisotopic (exact) mass is 228 g/mol. The smallest absolute Gasteiger partial charge is 0.312 e. The summed E-state index contributed by atoms with van der Waals surface area (Å²) in [6.07, 6.45) is 4.65. The summed E-state index contributed by atoms with van der Waals surface area (Å²) in [6.45, 7) is 12.3. The number of carbonyl (C=O) groups excluding carboxylic acids is 1. The van der Waals surface area contributed by atoms with Crippen molar-refractivity contribution in [2.24, 2.45) is 5.41 Å². The number of esters is 1. The van der Waals surface area contributed by atoms with Gasteiger partial charge in [0, 0.05) is 0 Å². The summed E-state index contributed by atoms with van der Waals surface area (Å²) in [4.78, 5) is 12.1. The van der Waals surface area contributed by atoms with Crippen LogP contribution in [0.2, 0.25) is 0 Å². The van der Waals surface area contributed by atoms with Crippen LogP contribution < -0.4 is 0 Å². The third-order valence-electron chi connectivity index (χ3n) is 3.74. The van der Waals surface area contributed by atoms with Crippen molar-refractivity contribution in [3.05, 3.63) is 0 Å². The van der Waals surface area contributed by atoms with Crippen molar-refractivity contribution in [3.63, 3.8) is 0 Å². The summed E-state index contributed by atoms with van der Waals surface area (Å²) < 4.78 is 5.79. The molecule has 0 heterocycles. The molecule has 0 radical (unpaired) electrons. The molecule has 0 atom stereocenters. The molecule has 0 fully saturated rings. The fourth-order valence-electron chi connectivity index (χ4n) is 1.73. The first-order chi connectivity index (χ1) is 7.37. The van der Waals surface area contributed by atoms with E-state index in [1.54, 1.807) is 0 Å². The summed E-state index contributed by atoms with van der Waals surface area (Å²) in [7, 11) is 0. The Balaban J connectivity index is 4.69. The molecule has 0 aliphatic heterocycles. The molecule has 0 rings (SSSR count). The Morgan fingerprint density at radius 3 is 1.81 bits per heavy atom. The molecule has 0 aromatic heterocycles. The van der Waals surface area contributed by atoms with Crippen molar-refractivity contribution in [1.82, 2.24) is 0 Å². The Hall–Kier alpha value is -0.530. The number of hydrogen-bond donors (Lipinski definition) is 0. The minimum Gasteiger partial charge on any atom is -0.459 e. The van der Waals surface area contributed by atoms with E-state index in [0.717, 1.165) is 32.1 Å². The molecule has 0 aliphatic rings. The van der Waals surface area contributed by atoms with Gasteiger partial charge in [0.05, 0.1) is 5.41 Å². The molecule has 0 aliphatic carbocycles. The lowest BCUT2D eigenvalue weighted by molar-refractivity contribution is -0.172. The van der Waals surface area contributed by atoms with Gasteiger partial charge in [-0.3, -0.25) is 4.79 Å². The van der Waals surface area contributed by atoms with E-state index >= 15 is 0 Å². The van der Waals surface area contributed by atoms with Gasteiger partial charge < -0.3 is 4.74 Å². The van der Waals surface area contributed by atoms with E-state index in [1.807, 2.05) is 20.8 Å². The van der Waals surface area contributed by atoms with Crippen LogP contribution in [0.3, 0.4) is 0 Å². The third-order valence-corrected chi connectivity index (χ3v) is 3.74. The van der Waals surface area contributed by atoms with Crippen LogP contribution in [-0.4, -0.2) is 11.6 Å². The molecule has 0 N–H and O–H groups in total. The molecule has 16 heavy (non-hydrogen) atoms. The van der Waals surface area contributed by atoms with Crippen LogP contribution >= 0.6 is 0 Å². The summed E-state index contributed by atoms with van der Waals surface area (Å²) in [5.41, 5.74) is -0.596. The van der Waals surface area contributed by atoms with E-state index in [4.69, 9.17) is 4.74 Å². The highest BCUT2D eigenvalue weighted by Crippen LogP contribution is 2.31. The first-order valence-electron chi connectivity index (χ1n) is 6.61. The predicted molar refractivity (Wildman–Crippen MR) is 68.4 cm³/mol. The fraction of sp³-hybridized carbons (Fsp3) is 0.929. The van der Waals surface area contributed by atoms with E-state index in [2.05, 4.69) is 20.8 Å². The van der Waals surface area contributed by atoms with Crippen molar-refractivity contribution in [2.45, 2.75) is 79.2 Å². The zero-order chi connectivity index (χ0) is 12.8. The molecule has 0 spiro atoms. The van der Waals surface area contributed by atoms with E-state index < -0.39 is 0 Å². The average molecular weight is 228 g/mol. The Kier molecular flexibility index (Phi) is 6.06. The first-order valence-corrected chi connectivity index (χ1v) is 6.61. The fourth-order valence-corrected chi connectivity index (χ4v) is 1.73. The maximum atomic E-state index is 12.1. The summed E-state index contributed by atoms with van der Waals surface area (Å²) in [5.74, 6) is -0.0489. The second-order valence-corrected chi connectivity index (χ2v) is 5.27. The zero-order valence-electron chi connectivity index (χ0n) is 11.9. The molecule has 0 saturated carbocycles. The van der Waals surface area contributed by atoms with Gasteiger partial charge in [-0.15, -0.1) is 0 Å². The maximum absolute atomic E-state index is 12.1. The summed E-state index contributed by atoms with van der Waals surface area (Å²) in [6, 6.07) is 0. The van der Waals surface area contributed by atoms with Gasteiger partial charge >= 0.3 is 5.97 Å². The molecule has 2 heteroatoms. The second kappa shape index (κ2) is 6.27. The Labute approximate surface area is 101 Å². The molecule has 0 aromatic carbocycles. The van der Waals surface area contributed by atoms with Gasteiger partial charge in [0.15, 0.2) is 0 Å².